The van der Waals surface area contributed by atoms with Gasteiger partial charge in [-0.2, -0.15) is 0 Å². The highest BCUT2D eigenvalue weighted by Crippen LogP contribution is 2.21. The van der Waals surface area contributed by atoms with Crippen LogP contribution < -0.4 is 10.3 Å². The number of hydrogen-bond acceptors (Lipinski definition) is 5. The molecule has 140 valence electrons. The highest BCUT2D eigenvalue weighted by Gasteiger charge is 2.12. The lowest BCUT2D eigenvalue weighted by molar-refractivity contribution is 0.311. The first kappa shape index (κ1) is 19.1. The van der Waals surface area contributed by atoms with Crippen LogP contribution in [0.15, 0.2) is 53.6 Å². The second kappa shape index (κ2) is 8.33. The van der Waals surface area contributed by atoms with Crippen molar-refractivity contribution in [3.63, 3.8) is 0 Å². The van der Waals surface area contributed by atoms with Gasteiger partial charge in [0.1, 0.15) is 5.02 Å². The fourth-order valence-corrected chi connectivity index (χ4v) is 3.02. The van der Waals surface area contributed by atoms with Gasteiger partial charge in [-0.1, -0.05) is 17.7 Å². The summed E-state index contributed by atoms with van der Waals surface area (Å²) < 4.78 is 0. The number of anilines is 1. The Kier molecular flexibility index (Phi) is 5.88. The fraction of sp³-hybridized carbons (Fsp3) is 0.250. The Labute approximate surface area is 163 Å². The van der Waals surface area contributed by atoms with Crippen LogP contribution in [0.25, 0.3) is 11.4 Å². The molecule has 0 fully saturated rings. The predicted octanol–water partition coefficient (Wildman–Crippen LogP) is 3.18. The van der Waals surface area contributed by atoms with Gasteiger partial charge in [0, 0.05) is 57.0 Å². The number of pyridine rings is 3. The molecule has 3 aromatic heterocycles. The Morgan fingerprint density at radius 1 is 1.04 bits per heavy atom. The molecule has 27 heavy (non-hydrogen) atoms. The van der Waals surface area contributed by atoms with Crippen molar-refractivity contribution in [1.29, 1.82) is 0 Å². The first-order valence-electron chi connectivity index (χ1n) is 8.58. The molecule has 0 saturated carbocycles. The van der Waals surface area contributed by atoms with Crippen molar-refractivity contribution in [3.8, 4) is 11.4 Å². The smallest absolute Gasteiger partial charge is 0.201 e. The molecule has 0 aliphatic heterocycles. The van der Waals surface area contributed by atoms with Crippen LogP contribution in [0.4, 0.5) is 5.69 Å². The van der Waals surface area contributed by atoms with E-state index in [-0.39, 0.29) is 10.5 Å². The second-order valence-electron chi connectivity index (χ2n) is 6.63. The van der Waals surface area contributed by atoms with Crippen molar-refractivity contribution in [1.82, 2.24) is 19.9 Å². The zero-order chi connectivity index (χ0) is 19.4. The number of aromatic amines is 1. The van der Waals surface area contributed by atoms with Crippen molar-refractivity contribution in [3.05, 3.63) is 75.4 Å². The van der Waals surface area contributed by atoms with Gasteiger partial charge in [-0.15, -0.1) is 0 Å². The van der Waals surface area contributed by atoms with Crippen molar-refractivity contribution in [2.24, 2.45) is 0 Å². The maximum atomic E-state index is 12.3. The third-order valence-electron chi connectivity index (χ3n) is 4.14. The number of hydrogen-bond donors (Lipinski definition) is 1. The predicted molar refractivity (Wildman–Crippen MR) is 109 cm³/mol. The molecular weight excluding hydrogens is 362 g/mol. The van der Waals surface area contributed by atoms with E-state index in [1.54, 1.807) is 6.20 Å². The van der Waals surface area contributed by atoms with Crippen molar-refractivity contribution >= 4 is 17.3 Å². The van der Waals surface area contributed by atoms with Gasteiger partial charge in [0.15, 0.2) is 0 Å². The van der Waals surface area contributed by atoms with Gasteiger partial charge in [0.25, 0.3) is 0 Å². The van der Waals surface area contributed by atoms with E-state index >= 15 is 0 Å². The molecule has 0 unspecified atom stereocenters. The summed E-state index contributed by atoms with van der Waals surface area (Å²) in [6, 6.07) is 11.1. The number of halogens is 1. The van der Waals surface area contributed by atoms with Crippen LogP contribution in [0.5, 0.6) is 0 Å². The van der Waals surface area contributed by atoms with Crippen molar-refractivity contribution in [2.45, 2.75) is 13.1 Å². The monoisotopic (exact) mass is 383 g/mol. The van der Waals surface area contributed by atoms with E-state index in [0.717, 1.165) is 17.1 Å². The fourth-order valence-electron chi connectivity index (χ4n) is 2.82. The van der Waals surface area contributed by atoms with E-state index in [1.165, 1.54) is 6.07 Å². The average Bonchev–Trinajstić information content (AvgIpc) is 2.65. The molecule has 0 bridgehead atoms. The van der Waals surface area contributed by atoms with Gasteiger partial charge in [-0.25, -0.2) is 0 Å². The molecule has 0 radical (unpaired) electrons. The van der Waals surface area contributed by atoms with Crippen LogP contribution in [0.1, 0.15) is 11.4 Å². The molecule has 0 amide bonds. The van der Waals surface area contributed by atoms with Crippen molar-refractivity contribution < 1.29 is 0 Å². The van der Waals surface area contributed by atoms with Gasteiger partial charge in [-0.3, -0.25) is 19.7 Å². The maximum Gasteiger partial charge on any atom is 0.201 e. The SMILES string of the molecule is CN(Cc1cc(N(C)C)ccn1)Cc1cc(=O)c(Cl)c(-c2ccccn2)[nH]1. The number of aromatic nitrogens is 3. The second-order valence-corrected chi connectivity index (χ2v) is 7.01. The summed E-state index contributed by atoms with van der Waals surface area (Å²) in [5.41, 5.74) is 3.81. The van der Waals surface area contributed by atoms with Gasteiger partial charge >= 0.3 is 0 Å². The average molecular weight is 384 g/mol. The summed E-state index contributed by atoms with van der Waals surface area (Å²) in [5, 5.41) is 0.153. The van der Waals surface area contributed by atoms with E-state index < -0.39 is 0 Å². The minimum Gasteiger partial charge on any atom is -0.378 e. The summed E-state index contributed by atoms with van der Waals surface area (Å²) in [6.07, 6.45) is 3.48. The quantitative estimate of drug-likeness (QED) is 0.708. The topological polar surface area (TPSA) is 65.1 Å². The molecule has 3 heterocycles. The Bertz CT molecular complexity index is 972. The summed E-state index contributed by atoms with van der Waals surface area (Å²) >= 11 is 6.20. The zero-order valence-corrected chi connectivity index (χ0v) is 16.4. The highest BCUT2D eigenvalue weighted by atomic mass is 35.5. The van der Waals surface area contributed by atoms with E-state index in [0.29, 0.717) is 24.5 Å². The van der Waals surface area contributed by atoms with Crippen LogP contribution in [0.3, 0.4) is 0 Å². The molecule has 6 nitrogen and oxygen atoms in total. The standard InChI is InChI=1S/C20H22ClN5O/c1-25(2)16-7-9-22-14(10-16)12-26(3)13-15-11-18(27)19(21)20(24-15)17-6-4-5-8-23-17/h4-11H,12-13H2,1-3H3,(H,24,27). The first-order valence-corrected chi connectivity index (χ1v) is 8.95. The molecule has 3 aromatic rings. The Morgan fingerprint density at radius 3 is 2.56 bits per heavy atom. The lowest BCUT2D eigenvalue weighted by Gasteiger charge is -2.18. The molecule has 1 N–H and O–H groups in total. The van der Waals surface area contributed by atoms with E-state index in [9.17, 15) is 4.79 Å². The van der Waals surface area contributed by atoms with Gasteiger partial charge in [0.05, 0.1) is 17.1 Å². The molecule has 0 atom stereocenters. The van der Waals surface area contributed by atoms with E-state index in [4.69, 9.17) is 11.6 Å². The molecule has 0 aliphatic carbocycles. The van der Waals surface area contributed by atoms with Gasteiger partial charge in [-0.05, 0) is 31.3 Å². The van der Waals surface area contributed by atoms with Crippen LogP contribution in [0.2, 0.25) is 5.02 Å². The third-order valence-corrected chi connectivity index (χ3v) is 4.51. The molecule has 0 saturated heterocycles. The zero-order valence-electron chi connectivity index (χ0n) is 15.6. The Balaban J connectivity index is 1.80. The van der Waals surface area contributed by atoms with Crippen LogP contribution in [0, 0.1) is 0 Å². The Hall–Kier alpha value is -2.70. The highest BCUT2D eigenvalue weighted by molar-refractivity contribution is 6.32. The van der Waals surface area contributed by atoms with Crippen LogP contribution in [-0.2, 0) is 13.1 Å². The van der Waals surface area contributed by atoms with E-state index in [2.05, 4.69) is 25.9 Å². The normalized spacial score (nSPS) is 11.0. The lowest BCUT2D eigenvalue weighted by Crippen LogP contribution is -2.21. The van der Waals surface area contributed by atoms with Crippen molar-refractivity contribution in [2.75, 3.05) is 26.0 Å². The lowest BCUT2D eigenvalue weighted by atomic mass is 10.2. The van der Waals surface area contributed by atoms with Gasteiger partial charge in [0.2, 0.25) is 5.43 Å². The molecular formula is C20H22ClN5O. The van der Waals surface area contributed by atoms with Gasteiger partial charge < -0.3 is 9.88 Å². The largest absolute Gasteiger partial charge is 0.378 e. The molecule has 0 aromatic carbocycles. The molecule has 7 heteroatoms. The molecule has 0 aliphatic rings. The summed E-state index contributed by atoms with van der Waals surface area (Å²) in [7, 11) is 5.98. The summed E-state index contributed by atoms with van der Waals surface area (Å²) in [4.78, 5) is 28.4. The summed E-state index contributed by atoms with van der Waals surface area (Å²) in [6.45, 7) is 1.21. The Morgan fingerprint density at radius 2 is 1.85 bits per heavy atom. The van der Waals surface area contributed by atoms with Crippen LogP contribution in [-0.4, -0.2) is 41.0 Å². The minimum absolute atomic E-state index is 0.153. The maximum absolute atomic E-state index is 12.3. The number of H-pyrrole nitrogens is 1. The third kappa shape index (κ3) is 4.72. The van der Waals surface area contributed by atoms with Crippen LogP contribution >= 0.6 is 11.6 Å². The molecule has 0 spiro atoms. The minimum atomic E-state index is -0.216. The van der Waals surface area contributed by atoms with E-state index in [1.807, 2.05) is 56.5 Å². The number of nitrogens with one attached hydrogen (secondary N) is 1. The number of rotatable bonds is 6. The summed E-state index contributed by atoms with van der Waals surface area (Å²) in [5.74, 6) is 0. The number of nitrogens with zero attached hydrogens (tertiary/aromatic N) is 4. The first-order chi connectivity index (χ1) is 12.9. The molecule has 3 rings (SSSR count).